The molecule has 0 atom stereocenters. The summed E-state index contributed by atoms with van der Waals surface area (Å²) in [5.74, 6) is 0.373. The number of rotatable bonds is 5. The zero-order valence-electron chi connectivity index (χ0n) is 10.5. The number of carbonyl (C=O) groups is 2. The van der Waals surface area contributed by atoms with Crippen LogP contribution in [0.15, 0.2) is 48.5 Å². The van der Waals surface area contributed by atoms with Crippen molar-refractivity contribution in [2.45, 2.75) is 0 Å². The van der Waals surface area contributed by atoms with Crippen molar-refractivity contribution in [1.29, 1.82) is 0 Å². The van der Waals surface area contributed by atoms with Crippen molar-refractivity contribution in [1.82, 2.24) is 5.32 Å². The molecule has 1 amide bonds. The van der Waals surface area contributed by atoms with Crippen molar-refractivity contribution >= 4 is 12.2 Å². The highest BCUT2D eigenvalue weighted by Crippen LogP contribution is 2.21. The SMILES string of the molecule is O=CCNC(=O)c1ccc(Oc2ccc(F)cc2)cc1. The summed E-state index contributed by atoms with van der Waals surface area (Å²) in [4.78, 5) is 21.7. The summed E-state index contributed by atoms with van der Waals surface area (Å²) in [6.07, 6.45) is 0.615. The molecule has 0 bridgehead atoms. The number of hydrogen-bond acceptors (Lipinski definition) is 3. The van der Waals surface area contributed by atoms with E-state index in [9.17, 15) is 14.0 Å². The number of hydrogen-bond donors (Lipinski definition) is 1. The van der Waals surface area contributed by atoms with Crippen molar-refractivity contribution in [3.63, 3.8) is 0 Å². The van der Waals surface area contributed by atoms with Gasteiger partial charge in [-0.2, -0.15) is 0 Å². The Morgan fingerprint density at radius 1 is 1.05 bits per heavy atom. The Morgan fingerprint density at radius 2 is 1.60 bits per heavy atom. The van der Waals surface area contributed by atoms with E-state index in [-0.39, 0.29) is 18.3 Å². The Balaban J connectivity index is 2.02. The van der Waals surface area contributed by atoms with Gasteiger partial charge in [0.15, 0.2) is 0 Å². The largest absolute Gasteiger partial charge is 0.457 e. The van der Waals surface area contributed by atoms with Crippen LogP contribution in [0, 0.1) is 5.82 Å². The quantitative estimate of drug-likeness (QED) is 0.852. The Hall–Kier alpha value is -2.69. The summed E-state index contributed by atoms with van der Waals surface area (Å²) in [6, 6.07) is 12.0. The van der Waals surface area contributed by atoms with Crippen LogP contribution in [0.5, 0.6) is 11.5 Å². The fourth-order valence-electron chi connectivity index (χ4n) is 1.55. The molecule has 4 nitrogen and oxygen atoms in total. The summed E-state index contributed by atoms with van der Waals surface area (Å²) in [5.41, 5.74) is 0.429. The van der Waals surface area contributed by atoms with Gasteiger partial charge in [0, 0.05) is 5.56 Å². The fourth-order valence-corrected chi connectivity index (χ4v) is 1.55. The van der Waals surface area contributed by atoms with E-state index < -0.39 is 0 Å². The lowest BCUT2D eigenvalue weighted by atomic mass is 10.2. The third kappa shape index (κ3) is 3.65. The Labute approximate surface area is 115 Å². The van der Waals surface area contributed by atoms with Crippen LogP contribution >= 0.6 is 0 Å². The molecule has 102 valence electrons. The Bertz CT molecular complexity index is 594. The second-order valence-electron chi connectivity index (χ2n) is 3.96. The van der Waals surface area contributed by atoms with Crippen LogP contribution in [0.3, 0.4) is 0 Å². The van der Waals surface area contributed by atoms with E-state index in [0.717, 1.165) is 0 Å². The van der Waals surface area contributed by atoms with Crippen molar-refractivity contribution in [3.8, 4) is 11.5 Å². The van der Waals surface area contributed by atoms with E-state index in [1.165, 1.54) is 24.3 Å². The second-order valence-corrected chi connectivity index (χ2v) is 3.96. The molecule has 2 aromatic rings. The number of ether oxygens (including phenoxy) is 1. The minimum Gasteiger partial charge on any atom is -0.457 e. The first-order chi connectivity index (χ1) is 9.69. The van der Waals surface area contributed by atoms with Gasteiger partial charge in [-0.05, 0) is 48.5 Å². The van der Waals surface area contributed by atoms with E-state index in [1.807, 2.05) is 0 Å². The van der Waals surface area contributed by atoms with Gasteiger partial charge in [-0.3, -0.25) is 4.79 Å². The molecule has 0 aliphatic carbocycles. The van der Waals surface area contributed by atoms with Gasteiger partial charge in [-0.15, -0.1) is 0 Å². The number of halogens is 1. The predicted molar refractivity (Wildman–Crippen MR) is 71.3 cm³/mol. The van der Waals surface area contributed by atoms with E-state index in [4.69, 9.17) is 4.74 Å². The molecule has 2 rings (SSSR count). The number of amides is 1. The van der Waals surface area contributed by atoms with Gasteiger partial charge in [-0.1, -0.05) is 0 Å². The lowest BCUT2D eigenvalue weighted by Crippen LogP contribution is -2.24. The van der Waals surface area contributed by atoms with Crippen molar-refractivity contribution in [3.05, 3.63) is 59.9 Å². The first-order valence-electron chi connectivity index (χ1n) is 5.94. The molecule has 0 aliphatic rings. The Morgan fingerprint density at radius 3 is 2.15 bits per heavy atom. The van der Waals surface area contributed by atoms with Gasteiger partial charge < -0.3 is 14.8 Å². The van der Waals surface area contributed by atoms with E-state index in [0.29, 0.717) is 23.3 Å². The van der Waals surface area contributed by atoms with Crippen LogP contribution in [0.4, 0.5) is 4.39 Å². The standard InChI is InChI=1S/C15H12FNO3/c16-12-3-7-14(8-4-12)20-13-5-1-11(2-6-13)15(19)17-9-10-18/h1-8,10H,9H2,(H,17,19). The van der Waals surface area contributed by atoms with Crippen molar-refractivity contribution in [2.75, 3.05) is 6.54 Å². The van der Waals surface area contributed by atoms with Crippen LogP contribution in [0.25, 0.3) is 0 Å². The van der Waals surface area contributed by atoms with Crippen molar-refractivity contribution in [2.24, 2.45) is 0 Å². The molecule has 0 heterocycles. The number of carbonyl (C=O) groups excluding carboxylic acids is 2. The molecule has 0 aliphatic heterocycles. The van der Waals surface area contributed by atoms with Crippen LogP contribution in [-0.4, -0.2) is 18.7 Å². The van der Waals surface area contributed by atoms with Gasteiger partial charge in [0.1, 0.15) is 23.6 Å². The molecule has 0 saturated carbocycles. The highest BCUT2D eigenvalue weighted by Gasteiger charge is 2.05. The topological polar surface area (TPSA) is 55.4 Å². The molecule has 1 N–H and O–H groups in total. The Kier molecular flexibility index (Phi) is 4.44. The van der Waals surface area contributed by atoms with Crippen LogP contribution in [0.1, 0.15) is 10.4 Å². The summed E-state index contributed by atoms with van der Waals surface area (Å²) < 4.78 is 18.2. The summed E-state index contributed by atoms with van der Waals surface area (Å²) in [7, 11) is 0. The second kappa shape index (κ2) is 6.47. The number of nitrogens with one attached hydrogen (secondary N) is 1. The molecule has 0 spiro atoms. The van der Waals surface area contributed by atoms with Crippen LogP contribution in [0.2, 0.25) is 0 Å². The zero-order valence-corrected chi connectivity index (χ0v) is 10.5. The highest BCUT2D eigenvalue weighted by atomic mass is 19.1. The number of benzene rings is 2. The van der Waals surface area contributed by atoms with Crippen LogP contribution < -0.4 is 10.1 Å². The average Bonchev–Trinajstić information content (AvgIpc) is 2.48. The molecule has 5 heteroatoms. The zero-order chi connectivity index (χ0) is 14.4. The third-order valence-electron chi connectivity index (χ3n) is 2.51. The summed E-state index contributed by atoms with van der Waals surface area (Å²) in [6.45, 7) is -0.0212. The average molecular weight is 273 g/mol. The highest BCUT2D eigenvalue weighted by molar-refractivity contribution is 5.95. The van der Waals surface area contributed by atoms with Gasteiger partial charge in [0.25, 0.3) is 5.91 Å². The first kappa shape index (κ1) is 13.7. The third-order valence-corrected chi connectivity index (χ3v) is 2.51. The molecule has 2 aromatic carbocycles. The first-order valence-corrected chi connectivity index (χ1v) is 5.94. The molecule has 0 unspecified atom stereocenters. The van der Waals surface area contributed by atoms with E-state index in [2.05, 4.69) is 5.32 Å². The summed E-state index contributed by atoms with van der Waals surface area (Å²) >= 11 is 0. The fraction of sp³-hybridized carbons (Fsp3) is 0.0667. The maximum atomic E-state index is 12.7. The molecule has 0 radical (unpaired) electrons. The maximum absolute atomic E-state index is 12.7. The van der Waals surface area contributed by atoms with Crippen LogP contribution in [-0.2, 0) is 4.79 Å². The van der Waals surface area contributed by atoms with Gasteiger partial charge in [0.2, 0.25) is 0 Å². The van der Waals surface area contributed by atoms with Gasteiger partial charge in [-0.25, -0.2) is 4.39 Å². The monoisotopic (exact) mass is 273 g/mol. The summed E-state index contributed by atoms with van der Waals surface area (Å²) in [5, 5.41) is 2.43. The molecule has 0 fully saturated rings. The predicted octanol–water partition coefficient (Wildman–Crippen LogP) is 2.55. The van der Waals surface area contributed by atoms with Gasteiger partial charge >= 0.3 is 0 Å². The minimum absolute atomic E-state index is 0.0212. The van der Waals surface area contributed by atoms with E-state index >= 15 is 0 Å². The molecular formula is C15H12FNO3. The lowest BCUT2D eigenvalue weighted by molar-refractivity contribution is -0.107. The normalized spacial score (nSPS) is 9.85. The van der Waals surface area contributed by atoms with E-state index in [1.54, 1.807) is 24.3 Å². The maximum Gasteiger partial charge on any atom is 0.251 e. The molecule has 0 aromatic heterocycles. The van der Waals surface area contributed by atoms with Gasteiger partial charge in [0.05, 0.1) is 6.54 Å². The number of aldehydes is 1. The molecular weight excluding hydrogens is 261 g/mol. The van der Waals surface area contributed by atoms with Crippen molar-refractivity contribution < 1.29 is 18.7 Å². The molecule has 0 saturated heterocycles. The lowest BCUT2D eigenvalue weighted by Gasteiger charge is -2.06. The smallest absolute Gasteiger partial charge is 0.251 e. The molecule has 20 heavy (non-hydrogen) atoms. The minimum atomic E-state index is -0.334.